The van der Waals surface area contributed by atoms with Gasteiger partial charge in [-0.2, -0.15) is 0 Å². The Morgan fingerprint density at radius 1 is 1.60 bits per heavy atom. The zero-order valence-electron chi connectivity index (χ0n) is 12.3. The van der Waals surface area contributed by atoms with Crippen molar-refractivity contribution in [3.63, 3.8) is 0 Å². The quantitative estimate of drug-likeness (QED) is 0.566. The van der Waals surface area contributed by atoms with E-state index < -0.39 is 13.7 Å². The van der Waals surface area contributed by atoms with Crippen LogP contribution in [0.2, 0.25) is 0 Å². The Kier molecular flexibility index (Phi) is 6.92. The van der Waals surface area contributed by atoms with E-state index in [-0.39, 0.29) is 23.5 Å². The van der Waals surface area contributed by atoms with Gasteiger partial charge >= 0.3 is 7.60 Å². The molecule has 2 unspecified atom stereocenters. The summed E-state index contributed by atoms with van der Waals surface area (Å²) in [5, 5.41) is -0.250. The van der Waals surface area contributed by atoms with Gasteiger partial charge in [0.2, 0.25) is 0 Å². The lowest BCUT2D eigenvalue weighted by atomic mass is 10.0. The molecule has 1 N–H and O–H groups in total. The second kappa shape index (κ2) is 7.73. The third kappa shape index (κ3) is 4.42. The molecule has 8 heteroatoms. The highest BCUT2D eigenvalue weighted by Crippen LogP contribution is 2.48. The summed E-state index contributed by atoms with van der Waals surface area (Å²) in [6.45, 7) is 4.30. The summed E-state index contributed by atoms with van der Waals surface area (Å²) in [4.78, 5) is 9.50. The molecule has 0 saturated carbocycles. The molecule has 1 heterocycles. The second-order valence-electron chi connectivity index (χ2n) is 4.69. The van der Waals surface area contributed by atoms with Gasteiger partial charge in [-0.3, -0.25) is 4.57 Å². The summed E-state index contributed by atoms with van der Waals surface area (Å²) in [7, 11) is 4.35. The van der Waals surface area contributed by atoms with Gasteiger partial charge in [0.05, 0.1) is 12.7 Å². The molecule has 0 aromatic rings. The average molecular weight is 304 g/mol. The molecule has 1 rings (SSSR count). The Hall–Kier alpha value is -0.165. The van der Waals surface area contributed by atoms with Crippen LogP contribution >= 0.6 is 7.60 Å². The van der Waals surface area contributed by atoms with Crippen LogP contribution in [0.5, 0.6) is 0 Å². The molecule has 20 heavy (non-hydrogen) atoms. The normalized spacial score (nSPS) is 32.0. The fourth-order valence-electron chi connectivity index (χ4n) is 1.85. The Balaban J connectivity index is 2.87. The minimum atomic E-state index is -3.95. The highest BCUT2D eigenvalue weighted by molar-refractivity contribution is 7.59. The highest BCUT2D eigenvalue weighted by atomic mass is 31.2. The predicted octanol–water partition coefficient (Wildman–Crippen LogP) is 1.43. The Morgan fingerprint density at radius 2 is 2.25 bits per heavy atom. The predicted molar refractivity (Wildman–Crippen MR) is 75.8 cm³/mol. The van der Waals surface area contributed by atoms with Crippen molar-refractivity contribution in [2.75, 3.05) is 20.8 Å². The van der Waals surface area contributed by atoms with Crippen molar-refractivity contribution < 1.29 is 28.2 Å². The molecular weight excluding hydrogens is 282 g/mol. The zero-order chi connectivity index (χ0) is 15.3. The molecule has 0 aromatic heterocycles. The fourth-order valence-corrected chi connectivity index (χ4v) is 2.40. The summed E-state index contributed by atoms with van der Waals surface area (Å²) < 4.78 is 32.8. The summed E-state index contributed by atoms with van der Waals surface area (Å²) in [6, 6.07) is 0. The maximum atomic E-state index is 11.6. The van der Waals surface area contributed by atoms with Gasteiger partial charge in [0.1, 0.15) is 26.2 Å². The van der Waals surface area contributed by atoms with Crippen LogP contribution in [0.4, 0.5) is 0 Å². The van der Waals surface area contributed by atoms with Crippen molar-refractivity contribution in [1.29, 1.82) is 0 Å². The lowest BCUT2D eigenvalue weighted by molar-refractivity contribution is -0.0727. The number of hydrogen-bond acceptors (Lipinski definition) is 5. The van der Waals surface area contributed by atoms with Crippen LogP contribution in [-0.4, -0.2) is 58.0 Å². The Labute approximate surface area is 121 Å². The van der Waals surface area contributed by atoms with Crippen LogP contribution < -0.4 is 0 Å². The SMILES string of the molecule is [B]/C(=C\[C@H]1OC[C@H](OC)[C@@H]1OC(C)CC)P(=O)(O)OC. The van der Waals surface area contributed by atoms with Crippen molar-refractivity contribution in [2.24, 2.45) is 0 Å². The monoisotopic (exact) mass is 304 g/mol. The number of hydrogen-bond donors (Lipinski definition) is 1. The first-order chi connectivity index (χ1) is 9.35. The highest BCUT2D eigenvalue weighted by Gasteiger charge is 2.39. The van der Waals surface area contributed by atoms with Crippen LogP contribution in [0.1, 0.15) is 20.3 Å². The van der Waals surface area contributed by atoms with Crippen molar-refractivity contribution >= 4 is 15.4 Å². The zero-order valence-corrected chi connectivity index (χ0v) is 13.2. The first-order valence-electron chi connectivity index (χ1n) is 6.52. The Morgan fingerprint density at radius 3 is 2.75 bits per heavy atom. The van der Waals surface area contributed by atoms with Crippen LogP contribution in [0.15, 0.2) is 11.3 Å². The molecule has 1 aliphatic rings. The minimum absolute atomic E-state index is 0.0276. The number of methoxy groups -OCH3 is 1. The van der Waals surface area contributed by atoms with Crippen LogP contribution in [0.3, 0.4) is 0 Å². The third-order valence-electron chi connectivity index (χ3n) is 3.32. The van der Waals surface area contributed by atoms with Crippen molar-refractivity contribution in [2.45, 2.75) is 44.7 Å². The van der Waals surface area contributed by atoms with Gasteiger partial charge in [0.15, 0.2) is 0 Å². The van der Waals surface area contributed by atoms with Gasteiger partial charge in [0.25, 0.3) is 0 Å². The van der Waals surface area contributed by atoms with Crippen molar-refractivity contribution in [3.8, 4) is 0 Å². The maximum absolute atomic E-state index is 11.6. The van der Waals surface area contributed by atoms with E-state index >= 15 is 0 Å². The van der Waals surface area contributed by atoms with Gasteiger partial charge in [-0.1, -0.05) is 13.0 Å². The second-order valence-corrected chi connectivity index (χ2v) is 6.61. The van der Waals surface area contributed by atoms with Gasteiger partial charge in [0, 0.05) is 14.2 Å². The summed E-state index contributed by atoms with van der Waals surface area (Å²) >= 11 is 0. The van der Waals surface area contributed by atoms with E-state index in [9.17, 15) is 9.46 Å². The summed E-state index contributed by atoms with van der Waals surface area (Å²) in [6.07, 6.45) is 1.10. The van der Waals surface area contributed by atoms with Crippen LogP contribution in [-0.2, 0) is 23.3 Å². The molecule has 2 radical (unpaired) electrons. The third-order valence-corrected chi connectivity index (χ3v) is 4.62. The first kappa shape index (κ1) is 17.9. The minimum Gasteiger partial charge on any atom is -0.376 e. The van der Waals surface area contributed by atoms with Gasteiger partial charge < -0.3 is 23.6 Å². The molecule has 0 spiro atoms. The smallest absolute Gasteiger partial charge is 0.344 e. The van der Waals surface area contributed by atoms with Crippen LogP contribution in [0.25, 0.3) is 0 Å². The van der Waals surface area contributed by atoms with E-state index in [1.54, 1.807) is 7.11 Å². The lowest BCUT2D eigenvalue weighted by Crippen LogP contribution is -2.36. The van der Waals surface area contributed by atoms with Crippen molar-refractivity contribution in [1.82, 2.24) is 0 Å². The maximum Gasteiger partial charge on any atom is 0.344 e. The van der Waals surface area contributed by atoms with Crippen molar-refractivity contribution in [3.05, 3.63) is 11.3 Å². The van der Waals surface area contributed by atoms with E-state index in [1.165, 1.54) is 6.08 Å². The average Bonchev–Trinajstić information content (AvgIpc) is 2.80. The van der Waals surface area contributed by atoms with E-state index in [0.717, 1.165) is 13.5 Å². The summed E-state index contributed by atoms with van der Waals surface area (Å²) in [5.41, 5.74) is 0. The fraction of sp³-hybridized carbons (Fsp3) is 0.833. The van der Waals surface area contributed by atoms with Gasteiger partial charge in [-0.15, -0.1) is 0 Å². The lowest BCUT2D eigenvalue weighted by Gasteiger charge is -2.25. The van der Waals surface area contributed by atoms with E-state index in [0.29, 0.717) is 6.61 Å². The molecule has 1 fully saturated rings. The molecule has 0 aliphatic carbocycles. The number of ether oxygens (including phenoxy) is 3. The van der Waals surface area contributed by atoms with E-state index in [1.807, 2.05) is 13.8 Å². The van der Waals surface area contributed by atoms with E-state index in [2.05, 4.69) is 4.52 Å². The summed E-state index contributed by atoms with van der Waals surface area (Å²) in [5.74, 6) is 0. The first-order valence-corrected chi connectivity index (χ1v) is 8.09. The molecule has 5 atom stereocenters. The molecule has 0 aromatic carbocycles. The van der Waals surface area contributed by atoms with Gasteiger partial charge in [-0.25, -0.2) is 0 Å². The topological polar surface area (TPSA) is 74.2 Å². The molecule has 114 valence electrons. The largest absolute Gasteiger partial charge is 0.376 e. The Bertz CT molecular complexity index is 388. The molecule has 6 nitrogen and oxygen atoms in total. The van der Waals surface area contributed by atoms with Crippen LogP contribution in [0, 0.1) is 0 Å². The molecule has 1 saturated heterocycles. The molecule has 0 amide bonds. The molecular formula is C12H22BO6P. The standard InChI is InChI=1S/C12H22BO6P/c1-5-8(2)19-12-9(18-7-10(12)16-3)6-11(13)20(14,15)17-4/h6,8-10,12H,5,7H2,1-4H3,(H,14,15)/b11-6+/t8?,9-,10+,12-/m1/s1. The molecule has 0 bridgehead atoms. The van der Waals surface area contributed by atoms with E-state index in [4.69, 9.17) is 22.1 Å². The molecule has 1 aliphatic heterocycles. The number of rotatable bonds is 7. The van der Waals surface area contributed by atoms with Gasteiger partial charge in [-0.05, 0) is 18.6 Å².